The van der Waals surface area contributed by atoms with E-state index in [2.05, 4.69) is 20.7 Å². The topological polar surface area (TPSA) is 83.1 Å². The van der Waals surface area contributed by atoms with Gasteiger partial charge < -0.3 is 4.74 Å². The normalized spacial score (nSPS) is 10.9. The van der Waals surface area contributed by atoms with Gasteiger partial charge in [-0.05, 0) is 60.9 Å². The van der Waals surface area contributed by atoms with Crippen LogP contribution in [0.25, 0.3) is 21.8 Å². The Balaban J connectivity index is 1.45. The van der Waals surface area contributed by atoms with E-state index >= 15 is 0 Å². The van der Waals surface area contributed by atoms with Crippen LogP contribution in [0.15, 0.2) is 84.9 Å². The molecule has 168 valence electrons. The first kappa shape index (κ1) is 21.5. The number of hydrogen-bond acceptors (Lipinski definition) is 5. The number of benzene rings is 4. The van der Waals surface area contributed by atoms with Crippen molar-refractivity contribution in [3.63, 3.8) is 0 Å². The number of hydrogen-bond donors (Lipinski definition) is 2. The summed E-state index contributed by atoms with van der Waals surface area (Å²) < 4.78 is 5.62. The number of carbonyl (C=O) groups excluding carboxylic acids is 1. The van der Waals surface area contributed by atoms with Gasteiger partial charge in [-0.2, -0.15) is 15.4 Å². The lowest BCUT2D eigenvalue weighted by molar-refractivity contribution is -0.121. The van der Waals surface area contributed by atoms with Crippen molar-refractivity contribution < 1.29 is 9.53 Å². The molecule has 0 saturated heterocycles. The molecule has 0 aliphatic rings. The predicted octanol–water partition coefficient (Wildman–Crippen LogP) is 5.04. The van der Waals surface area contributed by atoms with E-state index in [0.29, 0.717) is 11.3 Å². The fourth-order valence-electron chi connectivity index (χ4n) is 3.73. The number of H-pyrrole nitrogens is 1. The monoisotopic (exact) mass is 467 g/mol. The van der Waals surface area contributed by atoms with Gasteiger partial charge in [0.15, 0.2) is 11.7 Å². The van der Waals surface area contributed by atoms with Crippen LogP contribution in [0.5, 0.6) is 5.75 Å². The van der Waals surface area contributed by atoms with Crippen LogP contribution >= 0.6 is 12.2 Å². The summed E-state index contributed by atoms with van der Waals surface area (Å²) >= 11 is 5.72. The van der Waals surface area contributed by atoms with Crippen LogP contribution in [0.3, 0.4) is 0 Å². The number of nitrogens with one attached hydrogen (secondary N) is 2. The van der Waals surface area contributed by atoms with Crippen molar-refractivity contribution in [3.8, 4) is 5.75 Å². The van der Waals surface area contributed by atoms with E-state index in [1.54, 1.807) is 0 Å². The SMILES string of the molecule is Cc1ccc(OCC(=O)NC(=S)N(c2ccc3n[nH]nc3c2)c2cccc3ccccc23)cc1. The van der Waals surface area contributed by atoms with Crippen LogP contribution in [0.2, 0.25) is 0 Å². The first-order valence-electron chi connectivity index (χ1n) is 10.7. The Labute approximate surface area is 201 Å². The molecule has 0 unspecified atom stereocenters. The van der Waals surface area contributed by atoms with Gasteiger partial charge in [-0.25, -0.2) is 0 Å². The van der Waals surface area contributed by atoms with Crippen molar-refractivity contribution >= 4 is 56.4 Å². The number of carbonyl (C=O) groups is 1. The number of ether oxygens (including phenoxy) is 1. The molecule has 0 aliphatic heterocycles. The minimum Gasteiger partial charge on any atom is -0.484 e. The molecule has 34 heavy (non-hydrogen) atoms. The van der Waals surface area contributed by atoms with Crippen molar-refractivity contribution in [1.29, 1.82) is 0 Å². The van der Waals surface area contributed by atoms with Gasteiger partial charge in [-0.3, -0.25) is 15.0 Å². The van der Waals surface area contributed by atoms with Crippen molar-refractivity contribution in [1.82, 2.24) is 20.7 Å². The smallest absolute Gasteiger partial charge is 0.264 e. The highest BCUT2D eigenvalue weighted by molar-refractivity contribution is 7.80. The fourth-order valence-corrected chi connectivity index (χ4v) is 4.05. The van der Waals surface area contributed by atoms with Gasteiger partial charge in [0.1, 0.15) is 16.8 Å². The van der Waals surface area contributed by atoms with Crippen LogP contribution in [0.1, 0.15) is 5.56 Å². The van der Waals surface area contributed by atoms with Crippen LogP contribution in [-0.4, -0.2) is 33.0 Å². The Hall–Kier alpha value is -4.30. The quantitative estimate of drug-likeness (QED) is 0.353. The van der Waals surface area contributed by atoms with E-state index in [-0.39, 0.29) is 17.6 Å². The second kappa shape index (κ2) is 9.29. The Kier molecular flexibility index (Phi) is 5.88. The largest absolute Gasteiger partial charge is 0.484 e. The fraction of sp³-hybridized carbons (Fsp3) is 0.0769. The van der Waals surface area contributed by atoms with E-state index in [1.165, 1.54) is 0 Å². The van der Waals surface area contributed by atoms with Gasteiger partial charge in [0, 0.05) is 5.39 Å². The second-order valence-corrected chi connectivity index (χ2v) is 8.17. The summed E-state index contributed by atoms with van der Waals surface area (Å²) in [5, 5.41) is 16.1. The van der Waals surface area contributed by atoms with Crippen molar-refractivity contribution in [2.24, 2.45) is 0 Å². The van der Waals surface area contributed by atoms with Crippen molar-refractivity contribution in [2.75, 3.05) is 11.5 Å². The minimum atomic E-state index is -0.349. The Morgan fingerprint density at radius 1 is 0.971 bits per heavy atom. The molecular formula is C26H21N5O2S. The molecule has 0 radical (unpaired) electrons. The van der Waals surface area contributed by atoms with Crippen LogP contribution in [0.4, 0.5) is 11.4 Å². The predicted molar refractivity (Wildman–Crippen MR) is 137 cm³/mol. The molecule has 1 amide bonds. The van der Waals surface area contributed by atoms with Gasteiger partial charge in [0.2, 0.25) is 0 Å². The number of rotatable bonds is 5. The highest BCUT2D eigenvalue weighted by atomic mass is 32.1. The Bertz CT molecular complexity index is 1490. The first-order valence-corrected chi connectivity index (χ1v) is 11.1. The molecule has 1 heterocycles. The van der Waals surface area contributed by atoms with E-state index in [4.69, 9.17) is 17.0 Å². The zero-order chi connectivity index (χ0) is 23.5. The molecule has 2 N–H and O–H groups in total. The zero-order valence-electron chi connectivity index (χ0n) is 18.4. The maximum atomic E-state index is 12.7. The maximum absolute atomic E-state index is 12.7. The van der Waals surface area contributed by atoms with Crippen molar-refractivity contribution in [3.05, 3.63) is 90.5 Å². The molecule has 0 spiro atoms. The minimum absolute atomic E-state index is 0.158. The molecule has 0 fully saturated rings. The van der Waals surface area contributed by atoms with Gasteiger partial charge >= 0.3 is 0 Å². The summed E-state index contributed by atoms with van der Waals surface area (Å²) in [4.78, 5) is 14.5. The highest BCUT2D eigenvalue weighted by Crippen LogP contribution is 2.33. The number of aromatic amines is 1. The van der Waals surface area contributed by atoms with Gasteiger partial charge in [0.05, 0.1) is 11.4 Å². The molecule has 0 atom stereocenters. The molecular weight excluding hydrogens is 446 g/mol. The number of thiocarbonyl (C=S) groups is 1. The third-order valence-corrected chi connectivity index (χ3v) is 5.69. The van der Waals surface area contributed by atoms with E-state index in [9.17, 15) is 4.79 Å². The molecule has 5 rings (SSSR count). The Morgan fingerprint density at radius 3 is 2.59 bits per heavy atom. The number of anilines is 2. The lowest BCUT2D eigenvalue weighted by Crippen LogP contribution is -2.42. The summed E-state index contributed by atoms with van der Waals surface area (Å²) in [5.41, 5.74) is 4.14. The molecule has 0 aliphatic carbocycles. The number of amides is 1. The lowest BCUT2D eigenvalue weighted by Gasteiger charge is -2.27. The summed E-state index contributed by atoms with van der Waals surface area (Å²) in [6.07, 6.45) is 0. The molecule has 4 aromatic carbocycles. The van der Waals surface area contributed by atoms with Gasteiger partial charge in [0.25, 0.3) is 5.91 Å². The molecule has 5 aromatic rings. The number of nitrogens with zero attached hydrogens (tertiary/aromatic N) is 3. The number of aromatic nitrogens is 3. The molecule has 1 aromatic heterocycles. The highest BCUT2D eigenvalue weighted by Gasteiger charge is 2.20. The standard InChI is InChI=1S/C26H21N5O2S/c1-17-9-12-20(13-10-17)33-16-25(32)27-26(34)31(19-11-14-22-23(15-19)29-30-28-22)24-8-4-6-18-5-2-3-7-21(18)24/h2-15H,16H2,1H3,(H,27,32,34)(H,28,29,30). The van der Waals surface area contributed by atoms with Crippen molar-refractivity contribution in [2.45, 2.75) is 6.92 Å². The second-order valence-electron chi connectivity index (χ2n) is 7.79. The maximum Gasteiger partial charge on any atom is 0.264 e. The molecule has 8 heteroatoms. The number of fused-ring (bicyclic) bond motifs is 2. The van der Waals surface area contributed by atoms with Crippen LogP contribution in [0, 0.1) is 6.92 Å². The Morgan fingerprint density at radius 2 is 1.74 bits per heavy atom. The number of aryl methyl sites for hydroxylation is 1. The summed E-state index contributed by atoms with van der Waals surface area (Å²) in [6.45, 7) is 1.84. The van der Waals surface area contributed by atoms with Gasteiger partial charge in [-0.15, -0.1) is 0 Å². The van der Waals surface area contributed by atoms with E-state index in [0.717, 1.165) is 33.2 Å². The van der Waals surface area contributed by atoms with E-state index in [1.807, 2.05) is 96.8 Å². The van der Waals surface area contributed by atoms with Crippen LogP contribution < -0.4 is 15.0 Å². The average molecular weight is 468 g/mol. The van der Waals surface area contributed by atoms with Crippen LogP contribution in [-0.2, 0) is 4.79 Å². The summed E-state index contributed by atoms with van der Waals surface area (Å²) in [7, 11) is 0. The lowest BCUT2D eigenvalue weighted by atomic mass is 10.1. The zero-order valence-corrected chi connectivity index (χ0v) is 19.2. The molecule has 7 nitrogen and oxygen atoms in total. The average Bonchev–Trinajstić information content (AvgIpc) is 3.32. The van der Waals surface area contributed by atoms with Gasteiger partial charge in [-0.1, -0.05) is 54.1 Å². The molecule has 0 saturated carbocycles. The summed E-state index contributed by atoms with van der Waals surface area (Å²) in [6, 6.07) is 27.1. The summed E-state index contributed by atoms with van der Waals surface area (Å²) in [5.74, 6) is 0.271. The first-order chi connectivity index (χ1) is 16.6. The van der Waals surface area contributed by atoms with E-state index < -0.39 is 0 Å². The molecule has 0 bridgehead atoms. The third-order valence-electron chi connectivity index (χ3n) is 5.41. The third kappa shape index (κ3) is 4.44.